The molecule has 0 saturated carbocycles. The lowest BCUT2D eigenvalue weighted by molar-refractivity contribution is -0.274. The van der Waals surface area contributed by atoms with Crippen molar-refractivity contribution in [3.8, 4) is 5.75 Å². The molecule has 0 aliphatic heterocycles. The quantitative estimate of drug-likeness (QED) is 0.846. The van der Waals surface area contributed by atoms with E-state index >= 15 is 0 Å². The van der Waals surface area contributed by atoms with Crippen LogP contribution in [0, 0.1) is 5.92 Å². The molecule has 0 fully saturated rings. The van der Waals surface area contributed by atoms with Crippen LogP contribution in [-0.2, 0) is 0 Å². The highest BCUT2D eigenvalue weighted by molar-refractivity contribution is 5.56. The Labute approximate surface area is 105 Å². The Morgan fingerprint density at radius 3 is 2.33 bits per heavy atom. The van der Waals surface area contributed by atoms with E-state index < -0.39 is 6.36 Å². The van der Waals surface area contributed by atoms with Gasteiger partial charge < -0.3 is 10.1 Å². The molecule has 0 aromatic heterocycles. The molecule has 2 nitrogen and oxygen atoms in total. The number of alkyl halides is 3. The van der Waals surface area contributed by atoms with Gasteiger partial charge in [0.1, 0.15) is 0 Å². The fourth-order valence-corrected chi connectivity index (χ4v) is 1.83. The first-order valence-electron chi connectivity index (χ1n) is 5.89. The van der Waals surface area contributed by atoms with Gasteiger partial charge in [-0.3, -0.25) is 0 Å². The van der Waals surface area contributed by atoms with Crippen molar-refractivity contribution in [3.63, 3.8) is 0 Å². The number of nitrogens with one attached hydrogen (secondary N) is 1. The average Bonchev–Trinajstić information content (AvgIpc) is 2.17. The smallest absolute Gasteiger partial charge is 0.404 e. The van der Waals surface area contributed by atoms with Gasteiger partial charge in [-0.25, -0.2) is 0 Å². The predicted molar refractivity (Wildman–Crippen MR) is 65.7 cm³/mol. The summed E-state index contributed by atoms with van der Waals surface area (Å²) in [6.07, 6.45) is -3.79. The average molecular weight is 261 g/mol. The van der Waals surface area contributed by atoms with E-state index in [1.54, 1.807) is 12.1 Å². The van der Waals surface area contributed by atoms with E-state index in [1.807, 2.05) is 6.92 Å². The first-order valence-corrected chi connectivity index (χ1v) is 5.89. The predicted octanol–water partition coefficient (Wildman–Crippen LogP) is 4.43. The molecule has 1 N–H and O–H groups in total. The summed E-state index contributed by atoms with van der Waals surface area (Å²) in [7, 11) is 0. The third kappa shape index (κ3) is 5.29. The van der Waals surface area contributed by atoms with Gasteiger partial charge in [-0.05, 0) is 31.4 Å². The molecular formula is C13H18F3NO. The minimum atomic E-state index is -4.67. The van der Waals surface area contributed by atoms with Crippen LogP contribution in [0.4, 0.5) is 18.9 Å². The summed E-state index contributed by atoms with van der Waals surface area (Å²) in [4.78, 5) is 0. The van der Waals surface area contributed by atoms with Crippen LogP contribution < -0.4 is 10.1 Å². The summed E-state index contributed by atoms with van der Waals surface area (Å²) >= 11 is 0. The van der Waals surface area contributed by atoms with Gasteiger partial charge >= 0.3 is 6.36 Å². The van der Waals surface area contributed by atoms with Crippen molar-refractivity contribution < 1.29 is 17.9 Å². The SMILES string of the molecule is CC(C)CC(C)Nc1ccccc1OC(F)(F)F. The Kier molecular flexibility index (Phi) is 4.87. The van der Waals surface area contributed by atoms with Gasteiger partial charge in [0.2, 0.25) is 0 Å². The van der Waals surface area contributed by atoms with Crippen LogP contribution in [0.5, 0.6) is 5.75 Å². The zero-order valence-electron chi connectivity index (χ0n) is 10.7. The van der Waals surface area contributed by atoms with E-state index in [4.69, 9.17) is 0 Å². The minimum Gasteiger partial charge on any atom is -0.404 e. The van der Waals surface area contributed by atoms with Gasteiger partial charge in [0.05, 0.1) is 5.69 Å². The summed E-state index contributed by atoms with van der Waals surface area (Å²) in [6, 6.07) is 6.16. The Bertz CT molecular complexity index is 377. The maximum absolute atomic E-state index is 12.2. The van der Waals surface area contributed by atoms with Crippen molar-refractivity contribution in [2.75, 3.05) is 5.32 Å². The highest BCUT2D eigenvalue weighted by Crippen LogP contribution is 2.30. The summed E-state index contributed by atoms with van der Waals surface area (Å²) < 4.78 is 40.6. The standard InChI is InChI=1S/C13H18F3NO/c1-9(2)8-10(3)17-11-6-4-5-7-12(11)18-13(14,15)16/h4-7,9-10,17H,8H2,1-3H3. The molecule has 1 rings (SSSR count). The third-order valence-electron chi connectivity index (χ3n) is 2.34. The number of hydrogen-bond acceptors (Lipinski definition) is 2. The molecule has 5 heteroatoms. The van der Waals surface area contributed by atoms with Crippen molar-refractivity contribution in [2.24, 2.45) is 5.92 Å². The zero-order chi connectivity index (χ0) is 13.8. The second-order valence-corrected chi connectivity index (χ2v) is 4.72. The van der Waals surface area contributed by atoms with E-state index in [2.05, 4.69) is 23.9 Å². The van der Waals surface area contributed by atoms with Crippen LogP contribution >= 0.6 is 0 Å². The maximum atomic E-state index is 12.2. The largest absolute Gasteiger partial charge is 0.573 e. The first kappa shape index (κ1) is 14.7. The van der Waals surface area contributed by atoms with Gasteiger partial charge in [0.25, 0.3) is 0 Å². The molecule has 18 heavy (non-hydrogen) atoms. The molecule has 0 heterocycles. The fraction of sp³-hybridized carbons (Fsp3) is 0.538. The van der Waals surface area contributed by atoms with Crippen LogP contribution in [0.3, 0.4) is 0 Å². The zero-order valence-corrected chi connectivity index (χ0v) is 10.7. The molecule has 1 atom stereocenters. The van der Waals surface area contributed by atoms with E-state index in [-0.39, 0.29) is 11.8 Å². The lowest BCUT2D eigenvalue weighted by Gasteiger charge is -2.20. The second-order valence-electron chi connectivity index (χ2n) is 4.72. The van der Waals surface area contributed by atoms with Gasteiger partial charge in [-0.15, -0.1) is 13.2 Å². The molecule has 0 radical (unpaired) electrons. The molecule has 1 unspecified atom stereocenters. The normalized spacial score (nSPS) is 13.5. The molecule has 1 aromatic carbocycles. The lowest BCUT2D eigenvalue weighted by Crippen LogP contribution is -2.21. The van der Waals surface area contributed by atoms with Crippen molar-refractivity contribution >= 4 is 5.69 Å². The van der Waals surface area contributed by atoms with E-state index in [1.165, 1.54) is 12.1 Å². The highest BCUT2D eigenvalue weighted by Gasteiger charge is 2.32. The van der Waals surface area contributed by atoms with Crippen molar-refractivity contribution in [1.29, 1.82) is 0 Å². The van der Waals surface area contributed by atoms with Crippen molar-refractivity contribution in [1.82, 2.24) is 0 Å². The number of rotatable bonds is 5. The van der Waals surface area contributed by atoms with Crippen LogP contribution in [0.1, 0.15) is 27.2 Å². The van der Waals surface area contributed by atoms with Gasteiger partial charge in [-0.1, -0.05) is 26.0 Å². The van der Waals surface area contributed by atoms with Gasteiger partial charge in [-0.2, -0.15) is 0 Å². The molecule has 0 aliphatic carbocycles. The van der Waals surface area contributed by atoms with Crippen LogP contribution in [0.15, 0.2) is 24.3 Å². The highest BCUT2D eigenvalue weighted by atomic mass is 19.4. The van der Waals surface area contributed by atoms with Crippen LogP contribution in [-0.4, -0.2) is 12.4 Å². The summed E-state index contributed by atoms with van der Waals surface area (Å²) in [6.45, 7) is 6.07. The molecule has 102 valence electrons. The molecule has 1 aromatic rings. The second kappa shape index (κ2) is 5.98. The monoisotopic (exact) mass is 261 g/mol. The van der Waals surface area contributed by atoms with Crippen molar-refractivity contribution in [3.05, 3.63) is 24.3 Å². The third-order valence-corrected chi connectivity index (χ3v) is 2.34. The lowest BCUT2D eigenvalue weighted by atomic mass is 10.1. The van der Waals surface area contributed by atoms with E-state index in [9.17, 15) is 13.2 Å². The maximum Gasteiger partial charge on any atom is 0.573 e. The summed E-state index contributed by atoms with van der Waals surface area (Å²) in [5, 5.41) is 3.04. The minimum absolute atomic E-state index is 0.0861. The van der Waals surface area contributed by atoms with E-state index in [0.717, 1.165) is 6.42 Å². The number of para-hydroxylation sites is 2. The topological polar surface area (TPSA) is 21.3 Å². The first-order chi connectivity index (χ1) is 8.28. The van der Waals surface area contributed by atoms with Crippen LogP contribution in [0.25, 0.3) is 0 Å². The number of halogens is 3. The van der Waals surface area contributed by atoms with Gasteiger partial charge in [0, 0.05) is 6.04 Å². The summed E-state index contributed by atoms with van der Waals surface area (Å²) in [5.41, 5.74) is 0.364. The molecule has 0 spiro atoms. The molecule has 0 aliphatic rings. The Balaban J connectivity index is 2.76. The molecular weight excluding hydrogens is 243 g/mol. The molecule has 0 amide bonds. The fourth-order valence-electron chi connectivity index (χ4n) is 1.83. The van der Waals surface area contributed by atoms with E-state index in [0.29, 0.717) is 11.6 Å². The van der Waals surface area contributed by atoms with Gasteiger partial charge in [0.15, 0.2) is 5.75 Å². The Morgan fingerprint density at radius 2 is 1.78 bits per heavy atom. The van der Waals surface area contributed by atoms with Crippen molar-refractivity contribution in [2.45, 2.75) is 39.6 Å². The van der Waals surface area contributed by atoms with Crippen LogP contribution in [0.2, 0.25) is 0 Å². The molecule has 0 bridgehead atoms. The number of benzene rings is 1. The number of ether oxygens (including phenoxy) is 1. The molecule has 0 saturated heterocycles. The Morgan fingerprint density at radius 1 is 1.17 bits per heavy atom. The summed E-state index contributed by atoms with van der Waals surface area (Å²) in [5.74, 6) is 0.281. The number of hydrogen-bond donors (Lipinski definition) is 1. The number of anilines is 1. The Hall–Kier alpha value is -1.39.